The van der Waals surface area contributed by atoms with Gasteiger partial charge in [0.15, 0.2) is 0 Å². The molecule has 0 bridgehead atoms. The van der Waals surface area contributed by atoms with Crippen LogP contribution >= 0.6 is 0 Å². The molecule has 2 rings (SSSR count). The van der Waals surface area contributed by atoms with Gasteiger partial charge in [0.25, 0.3) is 0 Å². The molecule has 1 atom stereocenters. The number of hydrogen-bond donors (Lipinski definition) is 1. The molecule has 1 heteroatoms. The Hall–Kier alpha value is -1.60. The number of hydrogen-bond acceptors (Lipinski definition) is 1. The molecular formula is C19H25N. The maximum atomic E-state index is 6.44. The van der Waals surface area contributed by atoms with Gasteiger partial charge < -0.3 is 5.73 Å². The summed E-state index contributed by atoms with van der Waals surface area (Å²) in [5.74, 6) is 0. The summed E-state index contributed by atoms with van der Waals surface area (Å²) in [6, 6.07) is 11.2. The molecule has 1 unspecified atom stereocenters. The van der Waals surface area contributed by atoms with Crippen molar-refractivity contribution in [1.82, 2.24) is 0 Å². The highest BCUT2D eigenvalue weighted by atomic mass is 14.6. The fraction of sp³-hybridized carbons (Fsp3) is 0.368. The van der Waals surface area contributed by atoms with Crippen LogP contribution in [0.4, 0.5) is 0 Å². The van der Waals surface area contributed by atoms with Crippen molar-refractivity contribution in [2.75, 3.05) is 0 Å². The van der Waals surface area contributed by atoms with Crippen molar-refractivity contribution >= 4 is 0 Å². The molecule has 0 aliphatic heterocycles. The summed E-state index contributed by atoms with van der Waals surface area (Å²) in [7, 11) is 0. The molecule has 2 N–H and O–H groups in total. The van der Waals surface area contributed by atoms with Crippen LogP contribution in [0.1, 0.15) is 45.0 Å². The third-order valence-corrected chi connectivity index (χ3v) is 3.94. The predicted octanol–water partition coefficient (Wildman–Crippen LogP) is 4.47. The van der Waals surface area contributed by atoms with Gasteiger partial charge in [-0.1, -0.05) is 47.0 Å². The molecule has 1 nitrogen and oxygen atoms in total. The van der Waals surface area contributed by atoms with E-state index >= 15 is 0 Å². The Bertz CT molecular complexity index is 582. The molecule has 106 valence electrons. The van der Waals surface area contributed by atoms with Gasteiger partial charge in [0.1, 0.15) is 0 Å². The van der Waals surface area contributed by atoms with Crippen LogP contribution in [0.2, 0.25) is 0 Å². The normalized spacial score (nSPS) is 12.5. The van der Waals surface area contributed by atoms with Gasteiger partial charge in [-0.15, -0.1) is 0 Å². The van der Waals surface area contributed by atoms with E-state index in [2.05, 4.69) is 65.0 Å². The average molecular weight is 267 g/mol. The zero-order valence-electron chi connectivity index (χ0n) is 13.2. The van der Waals surface area contributed by atoms with Crippen molar-refractivity contribution in [3.05, 3.63) is 69.3 Å². The Morgan fingerprint density at radius 1 is 0.750 bits per heavy atom. The van der Waals surface area contributed by atoms with E-state index in [-0.39, 0.29) is 6.04 Å². The zero-order chi connectivity index (χ0) is 14.9. The summed E-state index contributed by atoms with van der Waals surface area (Å²) in [6.45, 7) is 10.8. The standard InChI is InChI=1S/C19H25N/c1-12-6-13(2)10-17(9-12)19(20)11-18-15(4)7-14(3)8-16(18)5/h6-10,19H,11,20H2,1-5H3. The number of nitrogens with two attached hydrogens (primary N) is 1. The Balaban J connectivity index is 2.30. The largest absolute Gasteiger partial charge is 0.324 e. The lowest BCUT2D eigenvalue weighted by atomic mass is 9.91. The van der Waals surface area contributed by atoms with Crippen molar-refractivity contribution in [2.45, 2.75) is 47.1 Å². The predicted molar refractivity (Wildman–Crippen MR) is 87.2 cm³/mol. The molecule has 0 fully saturated rings. The van der Waals surface area contributed by atoms with E-state index in [0.717, 1.165) is 6.42 Å². The second-order valence-corrected chi connectivity index (χ2v) is 6.11. The average Bonchev–Trinajstić information content (AvgIpc) is 2.32. The van der Waals surface area contributed by atoms with E-state index in [1.54, 1.807) is 0 Å². The SMILES string of the molecule is Cc1cc(C)cc(C(N)Cc2c(C)cc(C)cc2C)c1. The van der Waals surface area contributed by atoms with E-state index in [1.165, 1.54) is 38.9 Å². The lowest BCUT2D eigenvalue weighted by Gasteiger charge is -2.18. The van der Waals surface area contributed by atoms with Crippen molar-refractivity contribution in [1.29, 1.82) is 0 Å². The molecule has 20 heavy (non-hydrogen) atoms. The summed E-state index contributed by atoms with van der Waals surface area (Å²) in [6.07, 6.45) is 0.904. The van der Waals surface area contributed by atoms with Gasteiger partial charge in [-0.3, -0.25) is 0 Å². The maximum absolute atomic E-state index is 6.44. The molecule has 0 aliphatic carbocycles. The third-order valence-electron chi connectivity index (χ3n) is 3.94. The minimum atomic E-state index is 0.0636. The van der Waals surface area contributed by atoms with Crippen molar-refractivity contribution < 1.29 is 0 Å². The van der Waals surface area contributed by atoms with E-state index in [1.807, 2.05) is 0 Å². The van der Waals surface area contributed by atoms with Gasteiger partial charge in [-0.2, -0.15) is 0 Å². The second-order valence-electron chi connectivity index (χ2n) is 6.11. The Morgan fingerprint density at radius 3 is 1.70 bits per heavy atom. The van der Waals surface area contributed by atoms with Crippen molar-refractivity contribution in [2.24, 2.45) is 5.73 Å². The van der Waals surface area contributed by atoms with Crippen LogP contribution in [0.25, 0.3) is 0 Å². The highest BCUT2D eigenvalue weighted by Crippen LogP contribution is 2.24. The number of rotatable bonds is 3. The zero-order valence-corrected chi connectivity index (χ0v) is 13.2. The summed E-state index contributed by atoms with van der Waals surface area (Å²) >= 11 is 0. The van der Waals surface area contributed by atoms with Crippen LogP contribution in [0.3, 0.4) is 0 Å². The Kier molecular flexibility index (Phi) is 4.29. The van der Waals surface area contributed by atoms with E-state index in [0.29, 0.717) is 0 Å². The first-order valence-corrected chi connectivity index (χ1v) is 7.27. The molecule has 2 aromatic carbocycles. The number of benzene rings is 2. The van der Waals surface area contributed by atoms with Crippen molar-refractivity contribution in [3.8, 4) is 0 Å². The monoisotopic (exact) mass is 267 g/mol. The summed E-state index contributed by atoms with van der Waals surface area (Å²) < 4.78 is 0. The van der Waals surface area contributed by atoms with Crippen LogP contribution in [0.15, 0.2) is 30.3 Å². The third kappa shape index (κ3) is 3.29. The lowest BCUT2D eigenvalue weighted by molar-refractivity contribution is 0.714. The molecule has 0 radical (unpaired) electrons. The first-order valence-electron chi connectivity index (χ1n) is 7.27. The molecule has 0 amide bonds. The molecule has 0 saturated heterocycles. The van der Waals surface area contributed by atoms with Crippen LogP contribution in [-0.2, 0) is 6.42 Å². The van der Waals surface area contributed by atoms with Crippen LogP contribution in [-0.4, -0.2) is 0 Å². The van der Waals surface area contributed by atoms with Gasteiger partial charge in [-0.25, -0.2) is 0 Å². The molecule has 0 aromatic heterocycles. The fourth-order valence-corrected chi connectivity index (χ4v) is 3.09. The molecule has 0 spiro atoms. The molecule has 2 aromatic rings. The van der Waals surface area contributed by atoms with Crippen LogP contribution < -0.4 is 5.73 Å². The molecule has 0 aliphatic rings. The molecule has 0 heterocycles. The Labute approximate surface area is 122 Å². The van der Waals surface area contributed by atoms with E-state index < -0.39 is 0 Å². The van der Waals surface area contributed by atoms with E-state index in [9.17, 15) is 0 Å². The quantitative estimate of drug-likeness (QED) is 0.872. The van der Waals surface area contributed by atoms with Gasteiger partial charge in [0.05, 0.1) is 0 Å². The smallest absolute Gasteiger partial charge is 0.0336 e. The van der Waals surface area contributed by atoms with E-state index in [4.69, 9.17) is 5.73 Å². The molecule has 0 saturated carbocycles. The Morgan fingerprint density at radius 2 is 1.20 bits per heavy atom. The highest BCUT2D eigenvalue weighted by molar-refractivity contribution is 5.39. The summed E-state index contributed by atoms with van der Waals surface area (Å²) in [5.41, 5.74) is 15.7. The first-order chi connectivity index (χ1) is 9.36. The van der Waals surface area contributed by atoms with Gasteiger partial charge in [-0.05, 0) is 63.3 Å². The summed E-state index contributed by atoms with van der Waals surface area (Å²) in [5, 5.41) is 0. The maximum Gasteiger partial charge on any atom is 0.0336 e. The lowest BCUT2D eigenvalue weighted by Crippen LogP contribution is -2.15. The van der Waals surface area contributed by atoms with Crippen molar-refractivity contribution in [3.63, 3.8) is 0 Å². The van der Waals surface area contributed by atoms with Gasteiger partial charge >= 0.3 is 0 Å². The topological polar surface area (TPSA) is 26.0 Å². The minimum Gasteiger partial charge on any atom is -0.324 e. The van der Waals surface area contributed by atoms with Crippen LogP contribution in [0.5, 0.6) is 0 Å². The minimum absolute atomic E-state index is 0.0636. The van der Waals surface area contributed by atoms with Gasteiger partial charge in [0.2, 0.25) is 0 Å². The summed E-state index contributed by atoms with van der Waals surface area (Å²) in [4.78, 5) is 0. The number of aryl methyl sites for hydroxylation is 5. The highest BCUT2D eigenvalue weighted by Gasteiger charge is 2.12. The first kappa shape index (κ1) is 14.8. The second kappa shape index (κ2) is 5.80. The van der Waals surface area contributed by atoms with Gasteiger partial charge in [0, 0.05) is 6.04 Å². The fourth-order valence-electron chi connectivity index (χ4n) is 3.09. The molecular weight excluding hydrogens is 242 g/mol. The van der Waals surface area contributed by atoms with Crippen LogP contribution in [0, 0.1) is 34.6 Å².